The van der Waals surface area contributed by atoms with Crippen molar-refractivity contribution in [3.8, 4) is 0 Å². The van der Waals surface area contributed by atoms with Crippen LogP contribution in [0.15, 0.2) is 29.8 Å². The Labute approximate surface area is 108 Å². The van der Waals surface area contributed by atoms with Gasteiger partial charge < -0.3 is 16.5 Å². The quantitative estimate of drug-likeness (QED) is 0.643. The van der Waals surface area contributed by atoms with Gasteiger partial charge in [-0.2, -0.15) is 0 Å². The van der Waals surface area contributed by atoms with Crippen molar-refractivity contribution in [1.29, 1.82) is 0 Å². The zero-order chi connectivity index (χ0) is 13.7. The number of H-pyrrole nitrogens is 1. The Morgan fingerprint density at radius 2 is 2.21 bits per heavy atom. The van der Waals surface area contributed by atoms with Crippen LogP contribution in [0.4, 0.5) is 5.82 Å². The zero-order valence-corrected chi connectivity index (χ0v) is 10.0. The van der Waals surface area contributed by atoms with E-state index in [-0.39, 0.29) is 11.8 Å². The third-order valence-electron chi connectivity index (χ3n) is 2.45. The maximum atomic E-state index is 10.5. The van der Waals surface area contributed by atoms with Gasteiger partial charge in [-0.1, -0.05) is 6.08 Å². The number of amides is 1. The average Bonchev–Trinajstić information content (AvgIpc) is 2.90. The number of nitrogens with two attached hydrogens (primary N) is 2. The molecule has 8 heteroatoms. The average molecular weight is 259 g/mol. The maximum absolute atomic E-state index is 10.5. The molecule has 0 radical (unpaired) electrons. The second-order valence-corrected chi connectivity index (χ2v) is 3.77. The van der Waals surface area contributed by atoms with Crippen LogP contribution in [0.3, 0.4) is 0 Å². The molecule has 0 saturated carbocycles. The first-order valence-electron chi connectivity index (χ1n) is 5.54. The summed E-state index contributed by atoms with van der Waals surface area (Å²) in [6.45, 7) is 0.506. The van der Waals surface area contributed by atoms with E-state index in [2.05, 4.69) is 24.9 Å². The van der Waals surface area contributed by atoms with E-state index in [9.17, 15) is 4.79 Å². The van der Waals surface area contributed by atoms with Crippen molar-refractivity contribution in [2.45, 2.75) is 0 Å². The lowest BCUT2D eigenvalue weighted by Gasteiger charge is -2.05. The van der Waals surface area contributed by atoms with Crippen molar-refractivity contribution in [1.82, 2.24) is 19.9 Å². The summed E-state index contributed by atoms with van der Waals surface area (Å²) >= 11 is 0. The molecule has 1 amide bonds. The number of anilines is 1. The van der Waals surface area contributed by atoms with E-state index in [1.54, 1.807) is 18.4 Å². The van der Waals surface area contributed by atoms with Gasteiger partial charge in [0.1, 0.15) is 11.8 Å². The molecular formula is C11H13N7O. The number of aromatic amines is 1. The third-order valence-corrected chi connectivity index (χ3v) is 2.45. The molecule has 0 fully saturated rings. The molecule has 0 spiro atoms. The highest BCUT2D eigenvalue weighted by molar-refractivity contribution is 5.82. The molecule has 19 heavy (non-hydrogen) atoms. The summed E-state index contributed by atoms with van der Waals surface area (Å²) < 4.78 is 0. The van der Waals surface area contributed by atoms with Gasteiger partial charge in [0.05, 0.1) is 18.8 Å². The summed E-state index contributed by atoms with van der Waals surface area (Å²) in [5.74, 6) is -0.0550. The Morgan fingerprint density at radius 1 is 1.37 bits per heavy atom. The Morgan fingerprint density at radius 3 is 2.79 bits per heavy atom. The molecule has 2 aromatic rings. The summed E-state index contributed by atoms with van der Waals surface area (Å²) in [6.07, 6.45) is 8.09. The van der Waals surface area contributed by atoms with Gasteiger partial charge in [-0.15, -0.1) is 0 Å². The molecule has 3 rings (SSSR count). The van der Waals surface area contributed by atoms with Crippen molar-refractivity contribution in [2.75, 3.05) is 12.3 Å². The summed E-state index contributed by atoms with van der Waals surface area (Å²) in [4.78, 5) is 28.7. The lowest BCUT2D eigenvalue weighted by molar-refractivity contribution is -0.120. The van der Waals surface area contributed by atoms with Gasteiger partial charge in [-0.25, -0.2) is 15.0 Å². The number of hydrogen-bond donors (Lipinski definition) is 3. The van der Waals surface area contributed by atoms with Crippen LogP contribution in [0.1, 0.15) is 0 Å². The summed E-state index contributed by atoms with van der Waals surface area (Å²) in [5.41, 5.74) is 11.8. The van der Waals surface area contributed by atoms with Gasteiger partial charge in [-0.05, 0) is 6.08 Å². The Bertz CT molecular complexity index is 631. The number of fused-ring (bicyclic) bond motifs is 1. The first-order valence-corrected chi connectivity index (χ1v) is 5.54. The van der Waals surface area contributed by atoms with Crippen LogP contribution >= 0.6 is 0 Å². The molecule has 8 nitrogen and oxygen atoms in total. The summed E-state index contributed by atoms with van der Waals surface area (Å²) in [5, 5.41) is 0. The van der Waals surface area contributed by atoms with E-state index in [4.69, 9.17) is 11.5 Å². The number of allylic oxidation sites excluding steroid dienone is 1. The second kappa shape index (κ2) is 5.71. The van der Waals surface area contributed by atoms with E-state index in [1.165, 1.54) is 12.7 Å². The number of imidazole rings is 1. The first-order chi connectivity index (χ1) is 9.18. The van der Waals surface area contributed by atoms with Crippen molar-refractivity contribution in [3.63, 3.8) is 0 Å². The highest BCUT2D eigenvalue weighted by atomic mass is 16.1. The minimum Gasteiger partial charge on any atom is -0.382 e. The number of rotatable bonds is 1. The first kappa shape index (κ1) is 12.7. The smallest absolute Gasteiger partial charge is 0.226 e. The topological polar surface area (TPSA) is 136 Å². The predicted octanol–water partition coefficient (Wildman–Crippen LogP) is -0.336. The highest BCUT2D eigenvalue weighted by Crippen LogP contribution is 2.09. The van der Waals surface area contributed by atoms with Gasteiger partial charge in [0.15, 0.2) is 11.5 Å². The summed E-state index contributed by atoms with van der Waals surface area (Å²) in [7, 11) is 0. The number of carbonyl (C=O) groups is 1. The van der Waals surface area contributed by atoms with Crippen LogP contribution < -0.4 is 11.5 Å². The fourth-order valence-electron chi connectivity index (χ4n) is 1.45. The predicted molar refractivity (Wildman–Crippen MR) is 71.3 cm³/mol. The van der Waals surface area contributed by atoms with Crippen molar-refractivity contribution in [2.24, 2.45) is 16.6 Å². The van der Waals surface area contributed by atoms with Gasteiger partial charge in [0, 0.05) is 6.21 Å². The van der Waals surface area contributed by atoms with Crippen molar-refractivity contribution >= 4 is 29.1 Å². The number of aromatic nitrogens is 4. The third kappa shape index (κ3) is 3.12. The Balaban J connectivity index is 0.000000141. The monoisotopic (exact) mass is 259 g/mol. The minimum absolute atomic E-state index is 0.185. The molecule has 0 aliphatic carbocycles. The standard InChI is InChI=1S/C6H8N2O.C5H5N5/c7-6(9)5-2-1-3-8-4-5;6-4-3-5(9-1-7-3)10-2-8-4/h1-3,5H,4H2,(H2,7,9);1-2H,(H3,6,7,8,9,10). The molecule has 98 valence electrons. The van der Waals surface area contributed by atoms with Crippen LogP contribution in [-0.2, 0) is 4.79 Å². The number of primary amides is 1. The number of aliphatic imine (C=N–C) groups is 1. The lowest BCUT2D eigenvalue weighted by Crippen LogP contribution is -2.24. The molecule has 0 aromatic carbocycles. The number of hydrogen-bond acceptors (Lipinski definition) is 6. The number of nitrogen functional groups attached to an aromatic ring is 1. The van der Waals surface area contributed by atoms with Gasteiger partial charge in [0.2, 0.25) is 5.91 Å². The number of carbonyl (C=O) groups excluding carboxylic acids is 1. The van der Waals surface area contributed by atoms with E-state index in [0.29, 0.717) is 23.5 Å². The lowest BCUT2D eigenvalue weighted by atomic mass is 10.1. The van der Waals surface area contributed by atoms with Crippen LogP contribution in [0.5, 0.6) is 0 Å². The zero-order valence-electron chi connectivity index (χ0n) is 10.0. The Hall–Kier alpha value is -2.77. The van der Waals surface area contributed by atoms with E-state index in [1.807, 2.05) is 0 Å². The second-order valence-electron chi connectivity index (χ2n) is 3.77. The molecule has 1 atom stereocenters. The van der Waals surface area contributed by atoms with E-state index >= 15 is 0 Å². The molecule has 3 heterocycles. The minimum atomic E-state index is -0.303. The maximum Gasteiger partial charge on any atom is 0.226 e. The van der Waals surface area contributed by atoms with E-state index in [0.717, 1.165) is 0 Å². The molecule has 1 unspecified atom stereocenters. The molecule has 2 aromatic heterocycles. The normalized spacial score (nSPS) is 16.9. The van der Waals surface area contributed by atoms with Crippen LogP contribution in [0, 0.1) is 5.92 Å². The van der Waals surface area contributed by atoms with Crippen molar-refractivity contribution in [3.05, 3.63) is 24.8 Å². The van der Waals surface area contributed by atoms with Gasteiger partial charge in [-0.3, -0.25) is 9.79 Å². The Kier molecular flexibility index (Phi) is 3.81. The molecule has 1 aliphatic rings. The fraction of sp³-hybridized carbons (Fsp3) is 0.182. The van der Waals surface area contributed by atoms with Crippen LogP contribution in [0.2, 0.25) is 0 Å². The molecule has 0 saturated heterocycles. The highest BCUT2D eigenvalue weighted by Gasteiger charge is 2.10. The van der Waals surface area contributed by atoms with Gasteiger partial charge >= 0.3 is 0 Å². The number of nitrogens with zero attached hydrogens (tertiary/aromatic N) is 4. The van der Waals surface area contributed by atoms with Crippen LogP contribution in [0.25, 0.3) is 11.2 Å². The summed E-state index contributed by atoms with van der Waals surface area (Å²) in [6, 6.07) is 0. The number of dihydropyridines is 1. The number of nitrogens with one attached hydrogen (secondary N) is 1. The molecule has 1 aliphatic heterocycles. The van der Waals surface area contributed by atoms with Crippen LogP contribution in [-0.4, -0.2) is 38.6 Å². The van der Waals surface area contributed by atoms with Crippen molar-refractivity contribution < 1.29 is 4.79 Å². The molecular weight excluding hydrogens is 246 g/mol. The largest absolute Gasteiger partial charge is 0.382 e. The molecule has 0 bridgehead atoms. The van der Waals surface area contributed by atoms with E-state index < -0.39 is 0 Å². The fourth-order valence-corrected chi connectivity index (χ4v) is 1.45. The SMILES string of the molecule is NC(=O)C1C=CC=NC1.Nc1ncnc2nc[nH]c12. The van der Waals surface area contributed by atoms with Gasteiger partial charge in [0.25, 0.3) is 0 Å². The molecule has 5 N–H and O–H groups in total.